The zero-order valence-corrected chi connectivity index (χ0v) is 22.8. The van der Waals surface area contributed by atoms with Gasteiger partial charge in [0.15, 0.2) is 11.5 Å². The predicted octanol–water partition coefficient (Wildman–Crippen LogP) is 3.59. The maximum Gasteiger partial charge on any atom is 0.245 e. The summed E-state index contributed by atoms with van der Waals surface area (Å²) in [4.78, 5) is 33.6. The molecule has 1 N–H and O–H groups in total. The van der Waals surface area contributed by atoms with Crippen LogP contribution in [0.1, 0.15) is 46.8 Å². The van der Waals surface area contributed by atoms with Crippen molar-refractivity contribution >= 4 is 23.2 Å². The number of carbonyl (C=O) groups is 2. The van der Waals surface area contributed by atoms with E-state index in [9.17, 15) is 9.59 Å². The van der Waals surface area contributed by atoms with E-state index in [0.717, 1.165) is 41.9 Å². The van der Waals surface area contributed by atoms with E-state index in [1.54, 1.807) is 28.0 Å². The molecular formula is C27H35N5O4S. The van der Waals surface area contributed by atoms with Gasteiger partial charge in [-0.15, -0.1) is 11.3 Å². The molecule has 2 amide bonds. The highest BCUT2D eigenvalue weighted by Crippen LogP contribution is 2.30. The van der Waals surface area contributed by atoms with Crippen molar-refractivity contribution < 1.29 is 19.1 Å². The molecule has 3 heterocycles. The molecule has 10 heteroatoms. The van der Waals surface area contributed by atoms with Crippen molar-refractivity contribution in [2.45, 2.75) is 65.6 Å². The summed E-state index contributed by atoms with van der Waals surface area (Å²) in [6.07, 6.45) is 3.18. The van der Waals surface area contributed by atoms with Crippen LogP contribution in [0.3, 0.4) is 0 Å². The molecule has 9 nitrogen and oxygen atoms in total. The Kier molecular flexibility index (Phi) is 8.81. The van der Waals surface area contributed by atoms with Crippen LogP contribution in [0, 0.1) is 20.8 Å². The Balaban J connectivity index is 1.52. The second-order valence-corrected chi connectivity index (χ2v) is 10.3. The summed E-state index contributed by atoms with van der Waals surface area (Å²) in [6, 6.07) is 7.08. The van der Waals surface area contributed by atoms with Gasteiger partial charge < -0.3 is 19.7 Å². The summed E-state index contributed by atoms with van der Waals surface area (Å²) in [5.74, 6) is 0.980. The van der Waals surface area contributed by atoms with Gasteiger partial charge in [-0.3, -0.25) is 14.3 Å². The number of thiazole rings is 1. The summed E-state index contributed by atoms with van der Waals surface area (Å²) < 4.78 is 13.3. The average molecular weight is 526 g/mol. The highest BCUT2D eigenvalue weighted by molar-refractivity contribution is 7.09. The van der Waals surface area contributed by atoms with E-state index in [4.69, 9.17) is 9.47 Å². The molecule has 1 atom stereocenters. The third-order valence-electron chi connectivity index (χ3n) is 6.60. The van der Waals surface area contributed by atoms with E-state index >= 15 is 0 Å². The van der Waals surface area contributed by atoms with Gasteiger partial charge >= 0.3 is 0 Å². The zero-order chi connectivity index (χ0) is 26.4. The van der Waals surface area contributed by atoms with Gasteiger partial charge in [0, 0.05) is 30.1 Å². The summed E-state index contributed by atoms with van der Waals surface area (Å²) in [6.45, 7) is 7.34. The number of rotatable bonds is 10. The van der Waals surface area contributed by atoms with Gasteiger partial charge in [0.25, 0.3) is 0 Å². The van der Waals surface area contributed by atoms with Gasteiger partial charge in [-0.2, -0.15) is 5.10 Å². The van der Waals surface area contributed by atoms with Crippen LogP contribution in [0.4, 0.5) is 0 Å². The van der Waals surface area contributed by atoms with Crippen LogP contribution >= 0.6 is 11.3 Å². The lowest BCUT2D eigenvalue weighted by molar-refractivity contribution is -0.141. The van der Waals surface area contributed by atoms with Gasteiger partial charge in [0.2, 0.25) is 11.8 Å². The average Bonchev–Trinajstić information content (AvgIpc) is 3.35. The number of nitrogens with one attached hydrogen (secondary N) is 1. The number of nitrogens with zero attached hydrogens (tertiary/aromatic N) is 4. The molecule has 0 unspecified atom stereocenters. The summed E-state index contributed by atoms with van der Waals surface area (Å²) in [5.41, 5.74) is 5.50. The minimum absolute atomic E-state index is 0.0821. The van der Waals surface area contributed by atoms with Crippen molar-refractivity contribution in [1.29, 1.82) is 0 Å². The van der Waals surface area contributed by atoms with Crippen molar-refractivity contribution in [3.05, 3.63) is 57.3 Å². The molecule has 1 aromatic carbocycles. The van der Waals surface area contributed by atoms with Crippen LogP contribution in [-0.2, 0) is 29.1 Å². The molecular weight excluding hydrogens is 490 g/mol. The Morgan fingerprint density at radius 1 is 1.22 bits per heavy atom. The van der Waals surface area contributed by atoms with Crippen molar-refractivity contribution in [3.8, 4) is 11.5 Å². The molecule has 37 heavy (non-hydrogen) atoms. The van der Waals surface area contributed by atoms with E-state index in [-0.39, 0.29) is 24.9 Å². The molecule has 1 saturated heterocycles. The third kappa shape index (κ3) is 6.68. The van der Waals surface area contributed by atoms with Crippen molar-refractivity contribution in [2.75, 3.05) is 20.3 Å². The first kappa shape index (κ1) is 26.7. The number of benzene rings is 1. The molecule has 0 spiro atoms. The molecule has 4 rings (SSSR count). The maximum atomic E-state index is 13.6. The normalized spacial score (nSPS) is 15.7. The van der Waals surface area contributed by atoms with Gasteiger partial charge in [0.1, 0.15) is 12.6 Å². The van der Waals surface area contributed by atoms with Crippen LogP contribution in [-0.4, -0.2) is 57.8 Å². The van der Waals surface area contributed by atoms with E-state index in [0.29, 0.717) is 31.1 Å². The van der Waals surface area contributed by atoms with E-state index in [2.05, 4.69) is 15.4 Å². The lowest BCUT2D eigenvalue weighted by atomic mass is 10.1. The van der Waals surface area contributed by atoms with E-state index in [1.165, 1.54) is 4.88 Å². The Bertz CT molecular complexity index is 1240. The highest BCUT2D eigenvalue weighted by atomic mass is 32.1. The van der Waals surface area contributed by atoms with Crippen LogP contribution in [0.5, 0.6) is 11.5 Å². The van der Waals surface area contributed by atoms with Crippen molar-refractivity contribution in [1.82, 2.24) is 25.0 Å². The standard InChI is InChI=1S/C27H35N5O4S/c1-18-13-19(2)32(30-18)16-26(33)31(22-7-5-6-11-28-27(22)34)15-21-8-9-23(24(14-21)35-4)36-12-10-25-20(3)29-17-37-25/h8-9,13-14,17,22H,5-7,10-12,15-16H2,1-4H3,(H,28,34)/t22-/m0/s1. The number of hydrogen-bond acceptors (Lipinski definition) is 7. The third-order valence-corrected chi connectivity index (χ3v) is 7.60. The lowest BCUT2D eigenvalue weighted by Crippen LogP contribution is -2.49. The SMILES string of the molecule is COc1cc(CN(C(=O)Cn2nc(C)cc2C)[C@H]2CCCCNC2=O)ccc1OCCc1scnc1C. The molecule has 0 saturated carbocycles. The zero-order valence-electron chi connectivity index (χ0n) is 22.0. The molecule has 0 bridgehead atoms. The van der Waals surface area contributed by atoms with Gasteiger partial charge in [0.05, 0.1) is 30.6 Å². The predicted molar refractivity (Wildman–Crippen MR) is 142 cm³/mol. The Labute approximate surface area is 221 Å². The molecule has 1 aliphatic heterocycles. The molecule has 2 aromatic heterocycles. The Hall–Kier alpha value is -3.40. The number of amides is 2. The summed E-state index contributed by atoms with van der Waals surface area (Å²) in [7, 11) is 1.60. The molecule has 1 fully saturated rings. The second kappa shape index (κ2) is 12.2. The van der Waals surface area contributed by atoms with Gasteiger partial charge in [-0.05, 0) is 63.8 Å². The molecule has 0 radical (unpaired) electrons. The monoisotopic (exact) mass is 525 g/mol. The second-order valence-electron chi connectivity index (χ2n) is 9.35. The molecule has 0 aliphatic carbocycles. The summed E-state index contributed by atoms with van der Waals surface area (Å²) >= 11 is 1.63. The fourth-order valence-electron chi connectivity index (χ4n) is 4.59. The van der Waals surface area contributed by atoms with Gasteiger partial charge in [-0.25, -0.2) is 4.98 Å². The highest BCUT2D eigenvalue weighted by Gasteiger charge is 2.31. The number of aryl methyl sites for hydroxylation is 3. The van der Waals surface area contributed by atoms with E-state index < -0.39 is 6.04 Å². The quantitative estimate of drug-likeness (QED) is 0.434. The number of aromatic nitrogens is 3. The first-order valence-corrected chi connectivity index (χ1v) is 13.5. The van der Waals surface area contributed by atoms with E-state index in [1.807, 2.05) is 50.5 Å². The number of hydrogen-bond donors (Lipinski definition) is 1. The van der Waals surface area contributed by atoms with Crippen molar-refractivity contribution in [3.63, 3.8) is 0 Å². The fraction of sp³-hybridized carbons (Fsp3) is 0.481. The molecule has 3 aromatic rings. The van der Waals surface area contributed by atoms with Crippen LogP contribution < -0.4 is 14.8 Å². The first-order chi connectivity index (χ1) is 17.9. The molecule has 1 aliphatic rings. The fourth-order valence-corrected chi connectivity index (χ4v) is 5.36. The smallest absolute Gasteiger partial charge is 0.245 e. The summed E-state index contributed by atoms with van der Waals surface area (Å²) in [5, 5.41) is 7.40. The minimum atomic E-state index is -0.531. The molecule has 198 valence electrons. The van der Waals surface area contributed by atoms with Gasteiger partial charge in [-0.1, -0.05) is 6.07 Å². The lowest BCUT2D eigenvalue weighted by Gasteiger charge is -2.30. The minimum Gasteiger partial charge on any atom is -0.493 e. The first-order valence-electron chi connectivity index (χ1n) is 12.6. The number of carbonyl (C=O) groups excluding carboxylic acids is 2. The number of ether oxygens (including phenoxy) is 2. The largest absolute Gasteiger partial charge is 0.493 e. The van der Waals surface area contributed by atoms with Crippen LogP contribution in [0.2, 0.25) is 0 Å². The maximum absolute atomic E-state index is 13.6. The van der Waals surface area contributed by atoms with Crippen LogP contribution in [0.15, 0.2) is 29.8 Å². The Morgan fingerprint density at radius 3 is 2.76 bits per heavy atom. The van der Waals surface area contributed by atoms with Crippen LogP contribution in [0.25, 0.3) is 0 Å². The Morgan fingerprint density at radius 2 is 2.05 bits per heavy atom. The topological polar surface area (TPSA) is 98.6 Å². The number of methoxy groups -OCH3 is 1. The van der Waals surface area contributed by atoms with Crippen molar-refractivity contribution in [2.24, 2.45) is 0 Å².